The van der Waals surface area contributed by atoms with E-state index in [1.54, 1.807) is 30.7 Å². The summed E-state index contributed by atoms with van der Waals surface area (Å²) < 4.78 is 5.12. The number of hydrogen-bond donors (Lipinski definition) is 1. The Balaban J connectivity index is 1.64. The summed E-state index contributed by atoms with van der Waals surface area (Å²) in [5, 5.41) is 3.15. The Morgan fingerprint density at radius 3 is 2.72 bits per heavy atom. The van der Waals surface area contributed by atoms with Gasteiger partial charge < -0.3 is 10.1 Å². The Morgan fingerprint density at radius 1 is 1.17 bits per heavy atom. The normalized spacial score (nSPS) is 17.3. The van der Waals surface area contributed by atoms with Crippen molar-refractivity contribution in [2.24, 2.45) is 5.41 Å². The van der Waals surface area contributed by atoms with Gasteiger partial charge in [0.2, 0.25) is 5.88 Å². The van der Waals surface area contributed by atoms with E-state index in [9.17, 15) is 4.79 Å². The van der Waals surface area contributed by atoms with Gasteiger partial charge in [-0.1, -0.05) is 13.8 Å². The molecule has 1 aliphatic carbocycles. The summed E-state index contributed by atoms with van der Waals surface area (Å²) in [5.74, 6) is 0.915. The van der Waals surface area contributed by atoms with E-state index in [4.69, 9.17) is 9.72 Å². The minimum Gasteiger partial charge on any atom is -0.481 e. The number of carbonyl (C=O) groups excluding carboxylic acids is 1. The summed E-state index contributed by atoms with van der Waals surface area (Å²) in [6, 6.07) is 6.94. The summed E-state index contributed by atoms with van der Waals surface area (Å²) in [7, 11) is 1.53. The molecule has 3 aromatic rings. The fourth-order valence-corrected chi connectivity index (χ4v) is 3.72. The first-order valence-electron chi connectivity index (χ1n) is 9.52. The van der Waals surface area contributed by atoms with Gasteiger partial charge in [0.15, 0.2) is 5.82 Å². The monoisotopic (exact) mass is 389 g/mol. The molecule has 7 heteroatoms. The Morgan fingerprint density at radius 2 is 1.97 bits per heavy atom. The van der Waals surface area contributed by atoms with Crippen molar-refractivity contribution < 1.29 is 9.53 Å². The molecular weight excluding hydrogens is 366 g/mol. The molecular formula is C22H23N5O2. The first kappa shape index (κ1) is 19.0. The maximum absolute atomic E-state index is 12.8. The van der Waals surface area contributed by atoms with Crippen LogP contribution in [0, 0.1) is 5.41 Å². The topological polar surface area (TPSA) is 89.9 Å². The van der Waals surface area contributed by atoms with Gasteiger partial charge in [-0.3, -0.25) is 9.78 Å². The van der Waals surface area contributed by atoms with Gasteiger partial charge in [0.1, 0.15) is 0 Å². The molecule has 0 aromatic carbocycles. The van der Waals surface area contributed by atoms with Crippen LogP contribution in [0.1, 0.15) is 47.9 Å². The van der Waals surface area contributed by atoms with Crippen molar-refractivity contribution in [3.8, 4) is 17.3 Å². The number of aromatic nitrogens is 4. The fourth-order valence-electron chi connectivity index (χ4n) is 3.72. The van der Waals surface area contributed by atoms with Gasteiger partial charge in [0.05, 0.1) is 18.8 Å². The summed E-state index contributed by atoms with van der Waals surface area (Å²) >= 11 is 0. The van der Waals surface area contributed by atoms with E-state index in [-0.39, 0.29) is 17.4 Å². The predicted octanol–water partition coefficient (Wildman–Crippen LogP) is 3.39. The minimum atomic E-state index is -0.169. The number of hydrogen-bond acceptors (Lipinski definition) is 6. The highest BCUT2D eigenvalue weighted by Gasteiger charge is 2.34. The molecule has 1 aliphatic rings. The number of ether oxygens (including phenoxy) is 1. The predicted molar refractivity (Wildman–Crippen MR) is 108 cm³/mol. The number of rotatable bonds is 4. The molecule has 0 saturated carbocycles. The van der Waals surface area contributed by atoms with E-state index < -0.39 is 0 Å². The van der Waals surface area contributed by atoms with Crippen molar-refractivity contribution in [3.05, 3.63) is 65.9 Å². The molecule has 3 heterocycles. The maximum Gasteiger partial charge on any atom is 0.252 e. The first-order valence-corrected chi connectivity index (χ1v) is 9.52. The van der Waals surface area contributed by atoms with Crippen LogP contribution in [0.15, 0.2) is 49.1 Å². The summed E-state index contributed by atoms with van der Waals surface area (Å²) in [5.41, 5.74) is 3.38. The van der Waals surface area contributed by atoms with E-state index >= 15 is 0 Å². The van der Waals surface area contributed by atoms with Crippen LogP contribution in [0.5, 0.6) is 5.88 Å². The highest BCUT2D eigenvalue weighted by atomic mass is 16.5. The van der Waals surface area contributed by atoms with Gasteiger partial charge in [0, 0.05) is 47.5 Å². The molecule has 3 aromatic heterocycles. The van der Waals surface area contributed by atoms with Crippen molar-refractivity contribution in [1.82, 2.24) is 25.3 Å². The van der Waals surface area contributed by atoms with Gasteiger partial charge in [-0.2, -0.15) is 0 Å². The second kappa shape index (κ2) is 7.58. The molecule has 0 aliphatic heterocycles. The lowest BCUT2D eigenvalue weighted by Crippen LogP contribution is -2.37. The molecule has 1 N–H and O–H groups in total. The summed E-state index contributed by atoms with van der Waals surface area (Å²) in [6.07, 6.45) is 8.51. The average molecular weight is 389 g/mol. The van der Waals surface area contributed by atoms with Crippen molar-refractivity contribution in [1.29, 1.82) is 0 Å². The van der Waals surface area contributed by atoms with Crippen LogP contribution < -0.4 is 10.1 Å². The molecule has 29 heavy (non-hydrogen) atoms. The quantitative estimate of drug-likeness (QED) is 0.736. The third kappa shape index (κ3) is 4.08. The number of amides is 1. The van der Waals surface area contributed by atoms with Crippen LogP contribution in [-0.2, 0) is 6.42 Å². The lowest BCUT2D eigenvalue weighted by molar-refractivity contribution is 0.0918. The van der Waals surface area contributed by atoms with E-state index in [1.807, 2.05) is 18.3 Å². The third-order valence-electron chi connectivity index (χ3n) is 5.13. The summed E-state index contributed by atoms with van der Waals surface area (Å²) in [6.45, 7) is 4.39. The number of nitrogens with one attached hydrogen (secondary N) is 1. The number of pyridine rings is 2. The highest BCUT2D eigenvalue weighted by Crippen LogP contribution is 2.40. The Labute approximate surface area is 169 Å². The van der Waals surface area contributed by atoms with E-state index in [0.29, 0.717) is 17.3 Å². The first-order chi connectivity index (χ1) is 13.9. The molecule has 0 radical (unpaired) electrons. The third-order valence-corrected chi connectivity index (χ3v) is 5.13. The molecule has 1 atom stereocenters. The highest BCUT2D eigenvalue weighted by molar-refractivity contribution is 5.94. The second-order valence-electron chi connectivity index (χ2n) is 7.99. The zero-order valence-electron chi connectivity index (χ0n) is 16.7. The van der Waals surface area contributed by atoms with Crippen molar-refractivity contribution in [3.63, 3.8) is 0 Å². The van der Waals surface area contributed by atoms with Gasteiger partial charge in [0.25, 0.3) is 5.91 Å². The number of fused-ring (bicyclic) bond motifs is 1. The molecule has 0 saturated heterocycles. The van der Waals surface area contributed by atoms with Gasteiger partial charge in [-0.05, 0) is 36.5 Å². The van der Waals surface area contributed by atoms with Crippen LogP contribution in [0.25, 0.3) is 11.4 Å². The Hall–Kier alpha value is -3.35. The molecule has 148 valence electrons. The van der Waals surface area contributed by atoms with Gasteiger partial charge >= 0.3 is 0 Å². The summed E-state index contributed by atoms with van der Waals surface area (Å²) in [4.78, 5) is 30.3. The van der Waals surface area contributed by atoms with E-state index in [0.717, 1.165) is 29.7 Å². The average Bonchev–Trinajstić information content (AvgIpc) is 2.73. The lowest BCUT2D eigenvalue weighted by atomic mass is 9.74. The molecule has 1 unspecified atom stereocenters. The fraction of sp³-hybridized carbons (Fsp3) is 0.318. The standard InChI is InChI=1S/C22H23N5O2/c1-22(2)11-17-16(13-25-20(26-17)14-4-7-23-8-5-14)18(12-22)27-21(28)15-6-9-24-19(10-15)29-3/h4-10,13,18H,11-12H2,1-3H3,(H,27,28). The van der Waals surface area contributed by atoms with Crippen LogP contribution in [0.3, 0.4) is 0 Å². The van der Waals surface area contributed by atoms with E-state index in [2.05, 4.69) is 34.1 Å². The van der Waals surface area contributed by atoms with Crippen LogP contribution in [0.2, 0.25) is 0 Å². The van der Waals surface area contributed by atoms with Crippen LogP contribution in [0.4, 0.5) is 0 Å². The van der Waals surface area contributed by atoms with Crippen molar-refractivity contribution in [2.45, 2.75) is 32.7 Å². The molecule has 0 fully saturated rings. The zero-order chi connectivity index (χ0) is 20.4. The lowest BCUT2D eigenvalue weighted by Gasteiger charge is -2.36. The van der Waals surface area contributed by atoms with Crippen molar-refractivity contribution in [2.75, 3.05) is 7.11 Å². The van der Waals surface area contributed by atoms with E-state index in [1.165, 1.54) is 7.11 Å². The molecule has 7 nitrogen and oxygen atoms in total. The van der Waals surface area contributed by atoms with Crippen LogP contribution in [-0.4, -0.2) is 33.0 Å². The minimum absolute atomic E-state index is 0.00471. The van der Waals surface area contributed by atoms with Gasteiger partial charge in [-0.15, -0.1) is 0 Å². The largest absolute Gasteiger partial charge is 0.481 e. The number of methoxy groups -OCH3 is 1. The second-order valence-corrected chi connectivity index (χ2v) is 7.99. The van der Waals surface area contributed by atoms with Crippen molar-refractivity contribution >= 4 is 5.91 Å². The smallest absolute Gasteiger partial charge is 0.252 e. The van der Waals surface area contributed by atoms with Crippen LogP contribution >= 0.6 is 0 Å². The molecule has 1 amide bonds. The number of carbonyl (C=O) groups is 1. The number of nitrogens with zero attached hydrogens (tertiary/aromatic N) is 4. The molecule has 0 bridgehead atoms. The Bertz CT molecular complexity index is 1040. The Kier molecular flexibility index (Phi) is 4.96. The molecule has 0 spiro atoms. The SMILES string of the molecule is COc1cc(C(=O)NC2CC(C)(C)Cc3nc(-c4ccncc4)ncc32)ccn1. The van der Waals surface area contributed by atoms with Gasteiger partial charge in [-0.25, -0.2) is 15.0 Å². The molecule has 4 rings (SSSR count). The zero-order valence-corrected chi connectivity index (χ0v) is 16.7. The maximum atomic E-state index is 12.8.